The Bertz CT molecular complexity index is 463. The van der Waals surface area contributed by atoms with Crippen molar-refractivity contribution >= 4 is 17.4 Å². The lowest BCUT2D eigenvalue weighted by Crippen LogP contribution is -2.43. The number of ether oxygens (including phenoxy) is 1. The molecular formula is C15H21ClN2O. The second kappa shape index (κ2) is 5.20. The first-order chi connectivity index (χ1) is 9.15. The predicted octanol–water partition coefficient (Wildman–Crippen LogP) is 3.76. The zero-order chi connectivity index (χ0) is 13.4. The average Bonchev–Trinajstić information content (AvgIpc) is 2.56. The van der Waals surface area contributed by atoms with Crippen LogP contribution in [0, 0.1) is 11.8 Å². The minimum atomic E-state index is 0.566. The molecular weight excluding hydrogens is 260 g/mol. The number of halogens is 1. The van der Waals surface area contributed by atoms with Gasteiger partial charge >= 0.3 is 0 Å². The molecule has 1 fully saturated rings. The number of nitrogens with zero attached hydrogens (tertiary/aromatic N) is 2. The van der Waals surface area contributed by atoms with Crippen LogP contribution in [0.2, 0.25) is 5.02 Å². The van der Waals surface area contributed by atoms with Crippen molar-refractivity contribution in [1.29, 1.82) is 0 Å². The number of anilines is 1. The molecule has 0 N–H and O–H groups in total. The van der Waals surface area contributed by atoms with Gasteiger partial charge in [-0.3, -0.25) is 0 Å². The zero-order valence-corrected chi connectivity index (χ0v) is 12.4. The Morgan fingerprint density at radius 1 is 1.42 bits per heavy atom. The first-order valence-electron chi connectivity index (χ1n) is 7.20. The molecule has 2 unspecified atom stereocenters. The summed E-state index contributed by atoms with van der Waals surface area (Å²) in [6.45, 7) is 6.51. The van der Waals surface area contributed by atoms with E-state index in [0.717, 1.165) is 43.0 Å². The summed E-state index contributed by atoms with van der Waals surface area (Å²) in [5.41, 5.74) is 0. The number of piperidine rings is 1. The molecule has 3 heterocycles. The molecule has 2 aliphatic rings. The highest BCUT2D eigenvalue weighted by atomic mass is 35.5. The Balaban J connectivity index is 1.87. The fourth-order valence-corrected chi connectivity index (χ4v) is 3.43. The maximum absolute atomic E-state index is 6.01. The van der Waals surface area contributed by atoms with Gasteiger partial charge in [-0.05, 0) is 24.7 Å². The summed E-state index contributed by atoms with van der Waals surface area (Å²) in [6.07, 6.45) is 5.31. The van der Waals surface area contributed by atoms with Crippen molar-refractivity contribution in [2.45, 2.75) is 39.2 Å². The van der Waals surface area contributed by atoms with E-state index in [2.05, 4.69) is 23.7 Å². The average molecular weight is 281 g/mol. The topological polar surface area (TPSA) is 25.4 Å². The SMILES string of the molecule is CC(C)C1CCN2c3ncc(Cl)cc3OCCC2C1. The quantitative estimate of drug-likeness (QED) is 0.783. The van der Waals surface area contributed by atoms with Gasteiger partial charge < -0.3 is 9.64 Å². The molecule has 104 valence electrons. The van der Waals surface area contributed by atoms with Gasteiger partial charge in [-0.15, -0.1) is 0 Å². The molecule has 2 aliphatic heterocycles. The first-order valence-corrected chi connectivity index (χ1v) is 7.58. The van der Waals surface area contributed by atoms with Crippen molar-refractivity contribution in [3.63, 3.8) is 0 Å². The minimum absolute atomic E-state index is 0.566. The van der Waals surface area contributed by atoms with Gasteiger partial charge in [0.2, 0.25) is 0 Å². The van der Waals surface area contributed by atoms with E-state index < -0.39 is 0 Å². The molecule has 1 aromatic rings. The van der Waals surface area contributed by atoms with E-state index in [-0.39, 0.29) is 0 Å². The maximum Gasteiger partial charge on any atom is 0.171 e. The van der Waals surface area contributed by atoms with Crippen molar-refractivity contribution in [2.75, 3.05) is 18.1 Å². The van der Waals surface area contributed by atoms with Gasteiger partial charge in [0.15, 0.2) is 11.6 Å². The van der Waals surface area contributed by atoms with Crippen molar-refractivity contribution in [3.05, 3.63) is 17.3 Å². The molecule has 0 spiro atoms. The van der Waals surface area contributed by atoms with E-state index in [0.29, 0.717) is 11.1 Å². The smallest absolute Gasteiger partial charge is 0.171 e. The normalized spacial score (nSPS) is 26.4. The number of hydrogen-bond donors (Lipinski definition) is 0. The number of hydrogen-bond acceptors (Lipinski definition) is 3. The highest BCUT2D eigenvalue weighted by Crippen LogP contribution is 2.39. The van der Waals surface area contributed by atoms with Gasteiger partial charge in [-0.25, -0.2) is 4.98 Å². The van der Waals surface area contributed by atoms with Crippen molar-refractivity contribution < 1.29 is 4.74 Å². The molecule has 1 aromatic heterocycles. The van der Waals surface area contributed by atoms with Crippen molar-refractivity contribution in [1.82, 2.24) is 4.98 Å². The summed E-state index contributed by atoms with van der Waals surface area (Å²) >= 11 is 6.01. The Hall–Kier alpha value is -0.960. The van der Waals surface area contributed by atoms with Gasteiger partial charge in [-0.1, -0.05) is 25.4 Å². The van der Waals surface area contributed by atoms with Crippen LogP contribution < -0.4 is 9.64 Å². The third-order valence-corrected chi connectivity index (χ3v) is 4.69. The molecule has 0 saturated carbocycles. The predicted molar refractivity (Wildman–Crippen MR) is 78.1 cm³/mol. The van der Waals surface area contributed by atoms with Crippen LogP contribution in [0.4, 0.5) is 5.82 Å². The van der Waals surface area contributed by atoms with Crippen LogP contribution in [0.1, 0.15) is 33.1 Å². The third-order valence-electron chi connectivity index (χ3n) is 4.48. The van der Waals surface area contributed by atoms with Gasteiger partial charge in [0, 0.05) is 31.3 Å². The first kappa shape index (κ1) is 13.0. The van der Waals surface area contributed by atoms with Gasteiger partial charge in [0.25, 0.3) is 0 Å². The minimum Gasteiger partial charge on any atom is -0.490 e. The van der Waals surface area contributed by atoms with E-state index in [1.807, 2.05) is 6.07 Å². The van der Waals surface area contributed by atoms with Gasteiger partial charge in [0.1, 0.15) is 0 Å². The van der Waals surface area contributed by atoms with Crippen LogP contribution in [0.25, 0.3) is 0 Å². The van der Waals surface area contributed by atoms with E-state index in [4.69, 9.17) is 16.3 Å². The molecule has 3 nitrogen and oxygen atoms in total. The Morgan fingerprint density at radius 3 is 3.05 bits per heavy atom. The molecule has 1 saturated heterocycles. The molecule has 19 heavy (non-hydrogen) atoms. The Labute approximate surface area is 119 Å². The Morgan fingerprint density at radius 2 is 2.26 bits per heavy atom. The lowest BCUT2D eigenvalue weighted by Gasteiger charge is -2.40. The van der Waals surface area contributed by atoms with E-state index in [1.165, 1.54) is 12.8 Å². The second-order valence-corrected chi connectivity index (χ2v) is 6.42. The van der Waals surface area contributed by atoms with Crippen LogP contribution in [-0.4, -0.2) is 24.2 Å². The summed E-state index contributed by atoms with van der Waals surface area (Å²) < 4.78 is 5.83. The number of aromatic nitrogens is 1. The van der Waals surface area contributed by atoms with E-state index in [1.54, 1.807) is 6.20 Å². The lowest BCUT2D eigenvalue weighted by molar-refractivity contribution is 0.245. The van der Waals surface area contributed by atoms with E-state index >= 15 is 0 Å². The molecule has 0 amide bonds. The monoisotopic (exact) mass is 280 g/mol. The number of pyridine rings is 1. The third kappa shape index (κ3) is 2.53. The highest BCUT2D eigenvalue weighted by Gasteiger charge is 2.33. The molecule has 4 heteroatoms. The molecule has 0 aliphatic carbocycles. The van der Waals surface area contributed by atoms with Crippen LogP contribution >= 0.6 is 11.6 Å². The fraction of sp³-hybridized carbons (Fsp3) is 0.667. The molecule has 2 atom stereocenters. The molecule has 0 aromatic carbocycles. The summed E-state index contributed by atoms with van der Waals surface area (Å²) in [4.78, 5) is 6.93. The summed E-state index contributed by atoms with van der Waals surface area (Å²) in [7, 11) is 0. The van der Waals surface area contributed by atoms with Gasteiger partial charge in [-0.2, -0.15) is 0 Å². The molecule has 3 rings (SSSR count). The Kier molecular flexibility index (Phi) is 3.57. The van der Waals surface area contributed by atoms with Gasteiger partial charge in [0.05, 0.1) is 11.6 Å². The number of rotatable bonds is 1. The summed E-state index contributed by atoms with van der Waals surface area (Å²) in [5, 5.41) is 0.647. The summed E-state index contributed by atoms with van der Waals surface area (Å²) in [5.74, 6) is 3.42. The molecule has 0 radical (unpaired) electrons. The lowest BCUT2D eigenvalue weighted by atomic mass is 9.82. The fourth-order valence-electron chi connectivity index (χ4n) is 3.28. The summed E-state index contributed by atoms with van der Waals surface area (Å²) in [6, 6.07) is 2.46. The maximum atomic E-state index is 6.01. The molecule has 0 bridgehead atoms. The largest absolute Gasteiger partial charge is 0.490 e. The van der Waals surface area contributed by atoms with Crippen LogP contribution in [0.3, 0.4) is 0 Å². The van der Waals surface area contributed by atoms with Crippen LogP contribution in [0.5, 0.6) is 5.75 Å². The number of fused-ring (bicyclic) bond motifs is 3. The van der Waals surface area contributed by atoms with E-state index in [9.17, 15) is 0 Å². The zero-order valence-electron chi connectivity index (χ0n) is 11.6. The van der Waals surface area contributed by atoms with Crippen molar-refractivity contribution in [3.8, 4) is 5.75 Å². The van der Waals surface area contributed by atoms with Crippen LogP contribution in [-0.2, 0) is 0 Å². The second-order valence-electron chi connectivity index (χ2n) is 5.99. The highest BCUT2D eigenvalue weighted by molar-refractivity contribution is 6.30. The van der Waals surface area contributed by atoms with Crippen LogP contribution in [0.15, 0.2) is 12.3 Å². The van der Waals surface area contributed by atoms with Crippen molar-refractivity contribution in [2.24, 2.45) is 11.8 Å². The standard InChI is InChI=1S/C15H21ClN2O/c1-10(2)11-3-5-18-13(7-11)4-6-19-14-8-12(16)9-17-15(14)18/h8-11,13H,3-7H2,1-2H3.